The SMILES string of the molecule is O=S(=O)(O)CS(=O)(=O)O.[BaH2]. The predicted molar refractivity (Wildman–Crippen MR) is 36.5 cm³/mol. The monoisotopic (exact) mass is 316 g/mol. The fraction of sp³-hybridized carbons (Fsp3) is 1.00. The molecule has 0 saturated carbocycles. The summed E-state index contributed by atoms with van der Waals surface area (Å²) in [5.41, 5.74) is 0. The summed E-state index contributed by atoms with van der Waals surface area (Å²) in [5.74, 6) is 0. The van der Waals surface area contributed by atoms with Gasteiger partial charge in [0.2, 0.25) is 5.08 Å². The number of hydrogen-bond donors (Lipinski definition) is 2. The Balaban J connectivity index is 0. The Bertz CT molecular complexity index is 241. The van der Waals surface area contributed by atoms with Crippen molar-refractivity contribution in [2.24, 2.45) is 0 Å². The summed E-state index contributed by atoms with van der Waals surface area (Å²) < 4.78 is 54.2. The summed E-state index contributed by atoms with van der Waals surface area (Å²) in [6.45, 7) is 0. The van der Waals surface area contributed by atoms with E-state index in [1.165, 1.54) is 0 Å². The summed E-state index contributed by atoms with van der Waals surface area (Å²) >= 11 is 0. The molecule has 0 heterocycles. The minimum absolute atomic E-state index is 0. The normalized spacial score (nSPS) is 12.2. The van der Waals surface area contributed by atoms with Gasteiger partial charge < -0.3 is 0 Å². The molecule has 10 heavy (non-hydrogen) atoms. The van der Waals surface area contributed by atoms with Gasteiger partial charge in [0, 0.05) is 0 Å². The van der Waals surface area contributed by atoms with E-state index < -0.39 is 25.3 Å². The van der Waals surface area contributed by atoms with Gasteiger partial charge in [0.1, 0.15) is 0 Å². The van der Waals surface area contributed by atoms with Crippen LogP contribution in [0.4, 0.5) is 0 Å². The molecular formula is CH6BaO6S2. The molecule has 0 aliphatic rings. The molecule has 0 saturated heterocycles. The Kier molecular flexibility index (Phi) is 6.17. The van der Waals surface area contributed by atoms with E-state index in [0.717, 1.165) is 0 Å². The van der Waals surface area contributed by atoms with Crippen LogP contribution in [0.15, 0.2) is 0 Å². The summed E-state index contributed by atoms with van der Waals surface area (Å²) in [7, 11) is -9.24. The fourth-order valence-corrected chi connectivity index (χ4v) is 1.69. The topological polar surface area (TPSA) is 109 Å². The van der Waals surface area contributed by atoms with Crippen molar-refractivity contribution in [1.29, 1.82) is 0 Å². The molecule has 9 heteroatoms. The van der Waals surface area contributed by atoms with E-state index in [2.05, 4.69) is 0 Å². The van der Waals surface area contributed by atoms with E-state index >= 15 is 0 Å². The van der Waals surface area contributed by atoms with Crippen molar-refractivity contribution >= 4 is 69.1 Å². The maximum atomic E-state index is 9.66. The molecule has 0 rings (SSSR count). The molecule has 0 fully saturated rings. The van der Waals surface area contributed by atoms with Gasteiger partial charge in [-0.2, -0.15) is 16.8 Å². The third-order valence-corrected chi connectivity index (χ3v) is 2.68. The van der Waals surface area contributed by atoms with Crippen molar-refractivity contribution in [2.45, 2.75) is 0 Å². The van der Waals surface area contributed by atoms with Crippen LogP contribution in [0.5, 0.6) is 0 Å². The molecule has 0 bridgehead atoms. The molecule has 0 amide bonds. The van der Waals surface area contributed by atoms with Gasteiger partial charge in [-0.1, -0.05) is 0 Å². The van der Waals surface area contributed by atoms with Crippen LogP contribution in [0.25, 0.3) is 0 Å². The van der Waals surface area contributed by atoms with Gasteiger partial charge in [-0.05, 0) is 0 Å². The fourth-order valence-electron chi connectivity index (χ4n) is 0.188. The number of hydrogen-bond acceptors (Lipinski definition) is 4. The van der Waals surface area contributed by atoms with Crippen LogP contribution >= 0.6 is 0 Å². The molecule has 0 radical (unpaired) electrons. The molecular weight excluding hydrogens is 309 g/mol. The Morgan fingerprint density at radius 1 is 0.900 bits per heavy atom. The standard InChI is InChI=1S/CH4O6S2.Ba.2H/c2-8(3,4)1-9(5,6)7;;;/h1H2,(H,2,3,4)(H,5,6,7);;;. The van der Waals surface area contributed by atoms with Crippen LogP contribution in [0, 0.1) is 0 Å². The minimum atomic E-state index is -4.62. The first-order valence-electron chi connectivity index (χ1n) is 1.61. The average Bonchev–Trinajstić information content (AvgIpc) is 1.14. The van der Waals surface area contributed by atoms with Crippen molar-refractivity contribution in [2.75, 3.05) is 5.08 Å². The first-order chi connectivity index (χ1) is 3.71. The van der Waals surface area contributed by atoms with Crippen LogP contribution in [-0.4, -0.2) is 79.9 Å². The van der Waals surface area contributed by atoms with Crippen molar-refractivity contribution in [1.82, 2.24) is 0 Å². The van der Waals surface area contributed by atoms with E-state index in [1.807, 2.05) is 0 Å². The van der Waals surface area contributed by atoms with Crippen molar-refractivity contribution in [3.05, 3.63) is 0 Å². The Labute approximate surface area is 98.6 Å². The van der Waals surface area contributed by atoms with Crippen molar-refractivity contribution < 1.29 is 25.9 Å². The van der Waals surface area contributed by atoms with Gasteiger partial charge in [-0.25, -0.2) is 0 Å². The quantitative estimate of drug-likeness (QED) is 0.442. The number of rotatable bonds is 2. The second-order valence-corrected chi connectivity index (χ2v) is 4.55. The van der Waals surface area contributed by atoms with Gasteiger partial charge in [0.15, 0.2) is 0 Å². The van der Waals surface area contributed by atoms with E-state index in [0.29, 0.717) is 0 Å². The first kappa shape index (κ1) is 13.9. The summed E-state index contributed by atoms with van der Waals surface area (Å²) in [4.78, 5) is 0. The van der Waals surface area contributed by atoms with E-state index in [4.69, 9.17) is 9.11 Å². The molecule has 60 valence electrons. The molecule has 0 atom stereocenters. The van der Waals surface area contributed by atoms with E-state index in [9.17, 15) is 16.8 Å². The van der Waals surface area contributed by atoms with Crippen LogP contribution in [-0.2, 0) is 20.2 Å². The molecule has 0 spiro atoms. The van der Waals surface area contributed by atoms with Gasteiger partial charge in [-0.15, -0.1) is 0 Å². The third-order valence-electron chi connectivity index (χ3n) is 0.298. The molecule has 2 N–H and O–H groups in total. The van der Waals surface area contributed by atoms with Crippen LogP contribution in [0.3, 0.4) is 0 Å². The first-order valence-corrected chi connectivity index (χ1v) is 4.83. The average molecular weight is 316 g/mol. The Morgan fingerprint density at radius 3 is 1.10 bits per heavy atom. The molecule has 0 aliphatic carbocycles. The molecule has 0 unspecified atom stereocenters. The summed E-state index contributed by atoms with van der Waals surface area (Å²) in [6, 6.07) is 0. The summed E-state index contributed by atoms with van der Waals surface area (Å²) in [6.07, 6.45) is 0. The second kappa shape index (κ2) is 4.43. The zero-order valence-electron chi connectivity index (χ0n) is 4.05. The van der Waals surface area contributed by atoms with Crippen molar-refractivity contribution in [3.63, 3.8) is 0 Å². The van der Waals surface area contributed by atoms with E-state index in [-0.39, 0.29) is 48.9 Å². The van der Waals surface area contributed by atoms with Gasteiger partial charge in [0.05, 0.1) is 0 Å². The van der Waals surface area contributed by atoms with Gasteiger partial charge in [0.25, 0.3) is 20.2 Å². The molecule has 0 aromatic heterocycles. The van der Waals surface area contributed by atoms with E-state index in [1.54, 1.807) is 0 Å². The predicted octanol–water partition coefficient (Wildman–Crippen LogP) is -2.20. The van der Waals surface area contributed by atoms with Crippen LogP contribution in [0.2, 0.25) is 0 Å². The third kappa shape index (κ3) is 12.1. The molecule has 6 nitrogen and oxygen atoms in total. The van der Waals surface area contributed by atoms with Gasteiger partial charge in [-0.3, -0.25) is 9.11 Å². The molecule has 0 aromatic carbocycles. The Hall–Kier alpha value is 1.39. The molecule has 0 aliphatic heterocycles. The van der Waals surface area contributed by atoms with Crippen LogP contribution < -0.4 is 0 Å². The van der Waals surface area contributed by atoms with Crippen molar-refractivity contribution in [3.8, 4) is 0 Å². The zero-order valence-corrected chi connectivity index (χ0v) is 5.68. The van der Waals surface area contributed by atoms with Gasteiger partial charge >= 0.3 is 48.9 Å². The van der Waals surface area contributed by atoms with Crippen LogP contribution in [0.1, 0.15) is 0 Å². The Morgan fingerprint density at radius 2 is 1.10 bits per heavy atom. The summed E-state index contributed by atoms with van der Waals surface area (Å²) in [5, 5.41) is -1.65. The molecule has 0 aromatic rings. The maximum absolute atomic E-state index is 9.66. The second-order valence-electron chi connectivity index (χ2n) is 1.28. The zero-order chi connectivity index (χ0) is 7.71.